The van der Waals surface area contributed by atoms with Crippen LogP contribution in [0.15, 0.2) is 53.3 Å². The molecule has 3 aromatic rings. The highest BCUT2D eigenvalue weighted by atomic mass is 35.5. The number of rotatable bonds is 3. The minimum absolute atomic E-state index is 0.168. The minimum atomic E-state index is 0.168. The third-order valence-corrected chi connectivity index (χ3v) is 5.92. The minimum Gasteiger partial charge on any atom is -0.369 e. The SMILES string of the molecule is Cc1c(CN2CCN(c3ccc(Cl)cc3)CC2)c(=O)c2ccccc2n1C. The Kier molecular flexibility index (Phi) is 4.94. The predicted molar refractivity (Wildman–Crippen MR) is 113 cm³/mol. The average Bonchev–Trinajstić information content (AvgIpc) is 2.71. The van der Waals surface area contributed by atoms with Crippen molar-refractivity contribution >= 4 is 28.2 Å². The Hall–Kier alpha value is -2.30. The maximum Gasteiger partial charge on any atom is 0.194 e. The van der Waals surface area contributed by atoms with Crippen molar-refractivity contribution in [3.63, 3.8) is 0 Å². The van der Waals surface area contributed by atoms with Crippen LogP contribution in [-0.4, -0.2) is 35.6 Å². The summed E-state index contributed by atoms with van der Waals surface area (Å²) in [4.78, 5) is 17.8. The lowest BCUT2D eigenvalue weighted by molar-refractivity contribution is 0.248. The highest BCUT2D eigenvalue weighted by Crippen LogP contribution is 2.21. The van der Waals surface area contributed by atoms with E-state index in [2.05, 4.69) is 26.5 Å². The van der Waals surface area contributed by atoms with Gasteiger partial charge in [0.15, 0.2) is 5.43 Å². The van der Waals surface area contributed by atoms with Crippen LogP contribution in [0.1, 0.15) is 11.3 Å². The molecule has 0 N–H and O–H groups in total. The van der Waals surface area contributed by atoms with Crippen LogP contribution >= 0.6 is 11.6 Å². The molecule has 2 aromatic carbocycles. The first kappa shape index (κ1) is 18.1. The molecule has 0 spiro atoms. The number of aromatic nitrogens is 1. The molecule has 0 aliphatic carbocycles. The van der Waals surface area contributed by atoms with E-state index in [1.807, 2.05) is 50.4 Å². The number of pyridine rings is 1. The van der Waals surface area contributed by atoms with Gasteiger partial charge in [0.1, 0.15) is 0 Å². The van der Waals surface area contributed by atoms with E-state index in [9.17, 15) is 4.79 Å². The first-order chi connectivity index (χ1) is 13.0. The van der Waals surface area contributed by atoms with E-state index in [1.165, 1.54) is 5.69 Å². The molecule has 140 valence electrons. The molecule has 0 amide bonds. The zero-order valence-electron chi connectivity index (χ0n) is 15.8. The van der Waals surface area contributed by atoms with Gasteiger partial charge < -0.3 is 9.47 Å². The molecule has 4 rings (SSSR count). The molecule has 0 bridgehead atoms. The van der Waals surface area contributed by atoms with Crippen molar-refractivity contribution in [2.45, 2.75) is 13.5 Å². The molecule has 1 fully saturated rings. The van der Waals surface area contributed by atoms with E-state index in [4.69, 9.17) is 11.6 Å². The molecule has 1 aliphatic rings. The number of hydrogen-bond donors (Lipinski definition) is 0. The Bertz CT molecular complexity index is 1020. The number of anilines is 1. The summed E-state index contributed by atoms with van der Waals surface area (Å²) in [7, 11) is 2.04. The third-order valence-electron chi connectivity index (χ3n) is 5.67. The average molecular weight is 382 g/mol. The molecule has 0 unspecified atom stereocenters. The first-order valence-corrected chi connectivity index (χ1v) is 9.72. The molecule has 0 radical (unpaired) electrons. The molecule has 1 aromatic heterocycles. The Morgan fingerprint density at radius 1 is 0.963 bits per heavy atom. The quantitative estimate of drug-likeness (QED) is 0.690. The zero-order valence-corrected chi connectivity index (χ0v) is 16.5. The highest BCUT2D eigenvalue weighted by Gasteiger charge is 2.20. The van der Waals surface area contributed by atoms with E-state index in [0.29, 0.717) is 6.54 Å². The summed E-state index contributed by atoms with van der Waals surface area (Å²) in [6, 6.07) is 15.9. The monoisotopic (exact) mass is 381 g/mol. The van der Waals surface area contributed by atoms with Gasteiger partial charge in [-0.25, -0.2) is 0 Å². The van der Waals surface area contributed by atoms with Crippen LogP contribution < -0.4 is 10.3 Å². The second kappa shape index (κ2) is 7.37. The summed E-state index contributed by atoms with van der Waals surface area (Å²) in [5.74, 6) is 0. The maximum atomic E-state index is 13.0. The van der Waals surface area contributed by atoms with Gasteiger partial charge in [-0.2, -0.15) is 0 Å². The Morgan fingerprint density at radius 2 is 1.63 bits per heavy atom. The van der Waals surface area contributed by atoms with E-state index >= 15 is 0 Å². The summed E-state index contributed by atoms with van der Waals surface area (Å²) in [6.45, 7) is 6.55. The van der Waals surface area contributed by atoms with E-state index in [-0.39, 0.29) is 5.43 Å². The van der Waals surface area contributed by atoms with Crippen LogP contribution in [0.2, 0.25) is 5.02 Å². The lowest BCUT2D eigenvalue weighted by atomic mass is 10.1. The normalized spacial score (nSPS) is 15.4. The fourth-order valence-electron chi connectivity index (χ4n) is 3.89. The molecule has 4 nitrogen and oxygen atoms in total. The number of fused-ring (bicyclic) bond motifs is 1. The van der Waals surface area contributed by atoms with Crippen molar-refractivity contribution in [3.05, 3.63) is 75.0 Å². The molecule has 1 aliphatic heterocycles. The van der Waals surface area contributed by atoms with Gasteiger partial charge in [-0.05, 0) is 43.3 Å². The second-order valence-electron chi connectivity index (χ2n) is 7.21. The van der Waals surface area contributed by atoms with E-state index in [0.717, 1.165) is 53.4 Å². The number of nitrogens with zero attached hydrogens (tertiary/aromatic N) is 3. The summed E-state index contributed by atoms with van der Waals surface area (Å²) < 4.78 is 2.13. The van der Waals surface area contributed by atoms with Crippen molar-refractivity contribution in [2.24, 2.45) is 7.05 Å². The van der Waals surface area contributed by atoms with E-state index in [1.54, 1.807) is 0 Å². The Balaban J connectivity index is 1.52. The smallest absolute Gasteiger partial charge is 0.194 e. The van der Waals surface area contributed by atoms with Gasteiger partial charge >= 0.3 is 0 Å². The molecular weight excluding hydrogens is 358 g/mol. The molecule has 1 saturated heterocycles. The Morgan fingerprint density at radius 3 is 2.33 bits per heavy atom. The van der Waals surface area contributed by atoms with Gasteiger partial charge in [-0.15, -0.1) is 0 Å². The number of halogens is 1. The van der Waals surface area contributed by atoms with Crippen molar-refractivity contribution in [1.29, 1.82) is 0 Å². The summed E-state index contributed by atoms with van der Waals surface area (Å²) in [5.41, 5.74) is 4.34. The van der Waals surface area contributed by atoms with Crippen LogP contribution in [0, 0.1) is 6.92 Å². The third kappa shape index (κ3) is 3.47. The standard InChI is InChI=1S/C22H24ClN3O/c1-16-20(22(27)19-5-3-4-6-21(19)24(16)2)15-25-11-13-26(14-12-25)18-9-7-17(23)8-10-18/h3-10H,11-15H2,1-2H3. The first-order valence-electron chi connectivity index (χ1n) is 9.34. The fourth-order valence-corrected chi connectivity index (χ4v) is 4.02. The molecule has 2 heterocycles. The number of piperazine rings is 1. The van der Waals surface area contributed by atoms with Crippen molar-refractivity contribution in [2.75, 3.05) is 31.1 Å². The fraction of sp³-hybridized carbons (Fsp3) is 0.318. The topological polar surface area (TPSA) is 28.5 Å². The summed E-state index contributed by atoms with van der Waals surface area (Å²) >= 11 is 5.99. The summed E-state index contributed by atoms with van der Waals surface area (Å²) in [6.07, 6.45) is 0. The van der Waals surface area contributed by atoms with Gasteiger partial charge in [0.25, 0.3) is 0 Å². The van der Waals surface area contributed by atoms with Gasteiger partial charge in [-0.3, -0.25) is 9.69 Å². The largest absolute Gasteiger partial charge is 0.369 e. The van der Waals surface area contributed by atoms with Crippen molar-refractivity contribution < 1.29 is 0 Å². The van der Waals surface area contributed by atoms with Crippen LogP contribution in [-0.2, 0) is 13.6 Å². The number of hydrogen-bond acceptors (Lipinski definition) is 3. The number of aryl methyl sites for hydroxylation is 1. The molecule has 0 atom stereocenters. The van der Waals surface area contributed by atoms with Gasteiger partial charge in [0.2, 0.25) is 0 Å². The van der Waals surface area contributed by atoms with Crippen LogP contribution in [0.4, 0.5) is 5.69 Å². The lowest BCUT2D eigenvalue weighted by Crippen LogP contribution is -2.46. The number of para-hydroxylation sites is 1. The van der Waals surface area contributed by atoms with Crippen molar-refractivity contribution in [1.82, 2.24) is 9.47 Å². The molecule has 5 heteroatoms. The predicted octanol–water partition coefficient (Wildman–Crippen LogP) is 3.82. The lowest BCUT2D eigenvalue weighted by Gasteiger charge is -2.36. The Labute approximate surface area is 164 Å². The molecular formula is C22H24ClN3O. The van der Waals surface area contributed by atoms with E-state index < -0.39 is 0 Å². The second-order valence-corrected chi connectivity index (χ2v) is 7.65. The van der Waals surface area contributed by atoms with Gasteiger partial charge in [0.05, 0.1) is 5.52 Å². The van der Waals surface area contributed by atoms with Crippen molar-refractivity contribution in [3.8, 4) is 0 Å². The molecule has 0 saturated carbocycles. The molecule has 27 heavy (non-hydrogen) atoms. The van der Waals surface area contributed by atoms with Gasteiger partial charge in [-0.1, -0.05) is 23.7 Å². The summed E-state index contributed by atoms with van der Waals surface area (Å²) in [5, 5.41) is 1.57. The van der Waals surface area contributed by atoms with Gasteiger partial charge in [0, 0.05) is 67.1 Å². The number of benzene rings is 2. The highest BCUT2D eigenvalue weighted by molar-refractivity contribution is 6.30. The maximum absolute atomic E-state index is 13.0. The van der Waals surface area contributed by atoms with Crippen LogP contribution in [0.5, 0.6) is 0 Å². The zero-order chi connectivity index (χ0) is 19.0. The van der Waals surface area contributed by atoms with Crippen LogP contribution in [0.25, 0.3) is 10.9 Å². The van der Waals surface area contributed by atoms with Crippen LogP contribution in [0.3, 0.4) is 0 Å².